The molecule has 0 bridgehead atoms. The zero-order valence-corrected chi connectivity index (χ0v) is 14.0. The Morgan fingerprint density at radius 3 is 2.83 bits per heavy atom. The molecule has 7 heteroatoms. The predicted octanol–water partition coefficient (Wildman–Crippen LogP) is 2.39. The first kappa shape index (κ1) is 16.0. The molecule has 2 aromatic heterocycles. The summed E-state index contributed by atoms with van der Waals surface area (Å²) in [5.41, 5.74) is 15.1. The fourth-order valence-electron chi connectivity index (χ4n) is 3.20. The number of allylic oxidation sites excluding steroid dienone is 3. The molecule has 0 saturated heterocycles. The Morgan fingerprint density at radius 1 is 1.50 bits per heavy atom. The van der Waals surface area contributed by atoms with Crippen LogP contribution in [-0.4, -0.2) is 25.5 Å². The molecule has 0 aromatic carbocycles. The number of aromatic nitrogens is 3. The summed E-state index contributed by atoms with van der Waals surface area (Å²) in [5.74, 6) is -0.114. The van der Waals surface area contributed by atoms with Crippen molar-refractivity contribution < 1.29 is 9.90 Å². The molecule has 5 N–H and O–H groups in total. The zero-order valence-electron chi connectivity index (χ0n) is 14.0. The van der Waals surface area contributed by atoms with Crippen LogP contribution < -0.4 is 11.5 Å². The van der Waals surface area contributed by atoms with Crippen LogP contribution in [0.5, 0.6) is 0 Å². The molecule has 1 atom stereocenters. The molecule has 1 aliphatic rings. The van der Waals surface area contributed by atoms with E-state index in [4.69, 9.17) is 11.5 Å². The predicted molar refractivity (Wildman–Crippen MR) is 93.2 cm³/mol. The number of hydrogen-bond acceptors (Lipinski definition) is 5. The summed E-state index contributed by atoms with van der Waals surface area (Å²) < 4.78 is 1.70. The third-order valence-corrected chi connectivity index (χ3v) is 4.50. The lowest BCUT2D eigenvalue weighted by Gasteiger charge is -2.24. The Hall–Kier alpha value is -2.83. The first-order valence-electron chi connectivity index (χ1n) is 7.93. The highest BCUT2D eigenvalue weighted by Crippen LogP contribution is 2.38. The largest absolute Gasteiger partial charge is 0.508 e. The molecule has 2 heterocycles. The van der Waals surface area contributed by atoms with Crippen LogP contribution in [-0.2, 0) is 6.42 Å². The van der Waals surface area contributed by atoms with Gasteiger partial charge in [-0.3, -0.25) is 9.36 Å². The van der Waals surface area contributed by atoms with E-state index in [1.54, 1.807) is 16.8 Å². The maximum Gasteiger partial charge on any atom is 0.254 e. The average Bonchev–Trinajstić information content (AvgIpc) is 2.83. The van der Waals surface area contributed by atoms with Crippen LogP contribution in [0, 0.1) is 5.92 Å². The number of hydrogen-bond donors (Lipinski definition) is 3. The van der Waals surface area contributed by atoms with Crippen molar-refractivity contribution in [3.05, 3.63) is 34.9 Å². The summed E-state index contributed by atoms with van der Waals surface area (Å²) in [5, 5.41) is 10.1. The van der Waals surface area contributed by atoms with Gasteiger partial charge in [-0.05, 0) is 25.8 Å². The molecular formula is C17H21N5O2. The van der Waals surface area contributed by atoms with Gasteiger partial charge < -0.3 is 16.6 Å². The van der Waals surface area contributed by atoms with E-state index in [0.717, 1.165) is 11.4 Å². The summed E-state index contributed by atoms with van der Waals surface area (Å²) >= 11 is 0. The smallest absolute Gasteiger partial charge is 0.254 e. The maximum atomic E-state index is 11.9. The molecule has 1 aliphatic carbocycles. The molecule has 7 nitrogen and oxygen atoms in total. The lowest BCUT2D eigenvalue weighted by atomic mass is 9.93. The molecule has 1 unspecified atom stereocenters. The highest BCUT2D eigenvalue weighted by molar-refractivity contribution is 6.10. The van der Waals surface area contributed by atoms with E-state index in [1.807, 2.05) is 20.8 Å². The first-order chi connectivity index (χ1) is 11.4. The number of primary amides is 1. The molecule has 0 spiro atoms. The maximum absolute atomic E-state index is 11.9. The highest BCUT2D eigenvalue weighted by atomic mass is 16.3. The van der Waals surface area contributed by atoms with E-state index >= 15 is 0 Å². The molecule has 126 valence electrons. The van der Waals surface area contributed by atoms with Gasteiger partial charge in [-0.2, -0.15) is 0 Å². The molecule has 1 amide bonds. The van der Waals surface area contributed by atoms with Gasteiger partial charge in [0.25, 0.3) is 5.91 Å². The topological polar surface area (TPSA) is 120 Å². The van der Waals surface area contributed by atoms with Crippen LogP contribution in [0.25, 0.3) is 16.9 Å². The van der Waals surface area contributed by atoms with E-state index in [-0.39, 0.29) is 23.1 Å². The minimum Gasteiger partial charge on any atom is -0.508 e. The Labute approximate surface area is 139 Å². The van der Waals surface area contributed by atoms with Gasteiger partial charge in [-0.25, -0.2) is 9.97 Å². The number of amides is 1. The lowest BCUT2D eigenvalue weighted by Crippen LogP contribution is -2.17. The normalized spacial score (nSPS) is 18.1. The Balaban J connectivity index is 2.41. The van der Waals surface area contributed by atoms with Gasteiger partial charge in [0.05, 0.1) is 11.9 Å². The number of aliphatic hydroxyl groups is 1. The quantitative estimate of drug-likeness (QED) is 0.799. The van der Waals surface area contributed by atoms with Crippen molar-refractivity contribution in [2.75, 3.05) is 5.73 Å². The van der Waals surface area contributed by atoms with Crippen LogP contribution in [0.1, 0.15) is 43.2 Å². The molecule has 3 rings (SSSR count). The van der Waals surface area contributed by atoms with E-state index < -0.39 is 5.91 Å². The number of carbonyl (C=O) groups is 1. The fraction of sp³-hybridized carbons (Fsp3) is 0.353. The Bertz CT molecular complexity index is 907. The number of anilines is 1. The summed E-state index contributed by atoms with van der Waals surface area (Å²) in [6.07, 6.45) is 4.81. The van der Waals surface area contributed by atoms with Crippen LogP contribution in [0.3, 0.4) is 0 Å². The van der Waals surface area contributed by atoms with Crippen LogP contribution >= 0.6 is 0 Å². The van der Waals surface area contributed by atoms with Crippen molar-refractivity contribution in [2.24, 2.45) is 11.7 Å². The summed E-state index contributed by atoms with van der Waals surface area (Å²) in [6.45, 7) is 5.81. The Kier molecular flexibility index (Phi) is 3.79. The number of carbonyl (C=O) groups excluding carboxylic acids is 1. The third-order valence-electron chi connectivity index (χ3n) is 4.50. The molecule has 24 heavy (non-hydrogen) atoms. The standard InChI is InChI=1S/C17H21N5O2/c1-4-10-7-20-17-13(21-10)12(16(19)24)15(18)22(17)14-8(2)5-6-11(23)9(14)3/h6-8,23H,4-5,18H2,1-3H3,(H2,19,24). The average molecular weight is 327 g/mol. The van der Waals surface area contributed by atoms with Gasteiger partial charge >= 0.3 is 0 Å². The second-order valence-electron chi connectivity index (χ2n) is 6.08. The molecule has 0 fully saturated rings. The second kappa shape index (κ2) is 5.67. The van der Waals surface area contributed by atoms with E-state index in [0.29, 0.717) is 29.6 Å². The monoisotopic (exact) mass is 327 g/mol. The second-order valence-corrected chi connectivity index (χ2v) is 6.08. The van der Waals surface area contributed by atoms with Gasteiger partial charge in [-0.1, -0.05) is 13.8 Å². The summed E-state index contributed by atoms with van der Waals surface area (Å²) in [4.78, 5) is 20.9. The van der Waals surface area contributed by atoms with Crippen molar-refractivity contribution >= 4 is 28.6 Å². The molecule has 0 radical (unpaired) electrons. The third kappa shape index (κ3) is 2.24. The van der Waals surface area contributed by atoms with Gasteiger partial charge in [0.1, 0.15) is 22.7 Å². The van der Waals surface area contributed by atoms with E-state index in [9.17, 15) is 9.90 Å². The number of nitrogens with zero attached hydrogens (tertiary/aromatic N) is 3. The lowest BCUT2D eigenvalue weighted by molar-refractivity contribution is 0.100. The number of rotatable bonds is 3. The van der Waals surface area contributed by atoms with Gasteiger partial charge in [0.15, 0.2) is 5.65 Å². The van der Waals surface area contributed by atoms with Crippen LogP contribution in [0.15, 0.2) is 23.6 Å². The van der Waals surface area contributed by atoms with Gasteiger partial charge in [-0.15, -0.1) is 0 Å². The number of nitrogen functional groups attached to an aromatic ring is 1. The van der Waals surface area contributed by atoms with Gasteiger partial charge in [0, 0.05) is 17.2 Å². The zero-order chi connectivity index (χ0) is 17.6. The minimum absolute atomic E-state index is 0.104. The number of aliphatic hydroxyl groups excluding tert-OH is 1. The number of aryl methyl sites for hydroxylation is 1. The molecular weight excluding hydrogens is 306 g/mol. The highest BCUT2D eigenvalue weighted by Gasteiger charge is 2.28. The van der Waals surface area contributed by atoms with Crippen molar-refractivity contribution in [1.82, 2.24) is 14.5 Å². The number of nitrogens with two attached hydrogens (primary N) is 2. The van der Waals surface area contributed by atoms with E-state index in [1.165, 1.54) is 0 Å². The summed E-state index contributed by atoms with van der Waals surface area (Å²) in [7, 11) is 0. The summed E-state index contributed by atoms with van der Waals surface area (Å²) in [6, 6.07) is 0. The van der Waals surface area contributed by atoms with Crippen molar-refractivity contribution in [2.45, 2.75) is 33.6 Å². The fourth-order valence-corrected chi connectivity index (χ4v) is 3.20. The van der Waals surface area contributed by atoms with Crippen LogP contribution in [0.4, 0.5) is 5.82 Å². The minimum atomic E-state index is -0.639. The molecule has 2 aromatic rings. The van der Waals surface area contributed by atoms with Crippen molar-refractivity contribution in [3.8, 4) is 0 Å². The van der Waals surface area contributed by atoms with Crippen molar-refractivity contribution in [1.29, 1.82) is 0 Å². The SMILES string of the molecule is CCc1cnc2c(n1)c(C(N)=O)c(N)n2C1=C(C)C(O)=CCC1C. The van der Waals surface area contributed by atoms with Crippen LogP contribution in [0.2, 0.25) is 0 Å². The Morgan fingerprint density at radius 2 is 2.21 bits per heavy atom. The van der Waals surface area contributed by atoms with Gasteiger partial charge in [0.2, 0.25) is 0 Å². The van der Waals surface area contributed by atoms with E-state index in [2.05, 4.69) is 9.97 Å². The van der Waals surface area contributed by atoms with Crippen molar-refractivity contribution in [3.63, 3.8) is 0 Å². The molecule has 0 aliphatic heterocycles. The first-order valence-corrected chi connectivity index (χ1v) is 7.93. The number of fused-ring (bicyclic) bond motifs is 1. The molecule has 0 saturated carbocycles.